The fourth-order valence-electron chi connectivity index (χ4n) is 2.87. The zero-order valence-corrected chi connectivity index (χ0v) is 18.1. The summed E-state index contributed by atoms with van der Waals surface area (Å²) in [4.78, 5) is 12.5. The van der Waals surface area contributed by atoms with Gasteiger partial charge in [0.25, 0.3) is 5.91 Å². The third-order valence-electron chi connectivity index (χ3n) is 4.52. The van der Waals surface area contributed by atoms with Crippen LogP contribution in [0, 0.1) is 11.3 Å². The van der Waals surface area contributed by atoms with E-state index in [9.17, 15) is 10.1 Å². The second-order valence-corrected chi connectivity index (χ2v) is 7.59. The summed E-state index contributed by atoms with van der Waals surface area (Å²) in [6.07, 6.45) is 1.57. The summed E-state index contributed by atoms with van der Waals surface area (Å²) in [5.41, 5.74) is 2.82. The van der Waals surface area contributed by atoms with Crippen molar-refractivity contribution in [3.8, 4) is 11.8 Å². The molecule has 3 aromatic rings. The minimum Gasteiger partial charge on any atom is -0.488 e. The number of ether oxygens (including phenoxy) is 1. The van der Waals surface area contributed by atoms with Crippen LogP contribution in [0.3, 0.4) is 0 Å². The summed E-state index contributed by atoms with van der Waals surface area (Å²) in [7, 11) is 0. The Balaban J connectivity index is 1.68. The van der Waals surface area contributed by atoms with Crippen molar-refractivity contribution in [2.75, 3.05) is 0 Å². The van der Waals surface area contributed by atoms with Gasteiger partial charge in [-0.25, -0.2) is 0 Å². The topological polar surface area (TPSA) is 62.1 Å². The molecule has 4 nitrogen and oxygen atoms in total. The Kier molecular flexibility index (Phi) is 7.42. The smallest absolute Gasteiger partial charge is 0.262 e. The highest BCUT2D eigenvalue weighted by atomic mass is 79.9. The molecule has 1 amide bonds. The molecule has 0 bridgehead atoms. The van der Waals surface area contributed by atoms with E-state index < -0.39 is 5.91 Å². The van der Waals surface area contributed by atoms with Crippen molar-refractivity contribution in [2.45, 2.75) is 19.6 Å². The Bertz CT molecular complexity index is 1070. The van der Waals surface area contributed by atoms with Crippen LogP contribution < -0.4 is 10.1 Å². The molecule has 0 radical (unpaired) electrons. The van der Waals surface area contributed by atoms with E-state index in [1.165, 1.54) is 0 Å². The quantitative estimate of drug-likeness (QED) is 0.357. The Hall–Kier alpha value is -3.36. The lowest BCUT2D eigenvalue weighted by Gasteiger charge is -2.14. The van der Waals surface area contributed by atoms with Gasteiger partial charge in [0.1, 0.15) is 24.0 Å². The molecule has 3 rings (SSSR count). The Labute approximate surface area is 184 Å². The van der Waals surface area contributed by atoms with Crippen LogP contribution in [-0.2, 0) is 11.4 Å². The van der Waals surface area contributed by atoms with Crippen molar-refractivity contribution in [3.63, 3.8) is 0 Å². The fourth-order valence-corrected chi connectivity index (χ4v) is 3.38. The van der Waals surface area contributed by atoms with Gasteiger partial charge >= 0.3 is 0 Å². The van der Waals surface area contributed by atoms with Gasteiger partial charge in [0, 0.05) is 0 Å². The minimum absolute atomic E-state index is 0.0441. The standard InChI is InChI=1S/C25H21BrN2O2/c1-18(21-10-6-3-7-11-21)28-25(29)22(16-27)14-20-12-13-24(23(26)15-20)30-17-19-8-4-2-5-9-19/h2-15,18H,17H2,1H3,(H,28,29)/b22-14+/t18-/m0/s1. The van der Waals surface area contributed by atoms with Crippen LogP contribution in [0.2, 0.25) is 0 Å². The summed E-state index contributed by atoms with van der Waals surface area (Å²) in [6.45, 7) is 2.34. The van der Waals surface area contributed by atoms with Gasteiger partial charge in [-0.3, -0.25) is 4.79 Å². The van der Waals surface area contributed by atoms with E-state index in [4.69, 9.17) is 4.74 Å². The van der Waals surface area contributed by atoms with E-state index in [2.05, 4.69) is 21.2 Å². The minimum atomic E-state index is -0.408. The number of amides is 1. The summed E-state index contributed by atoms with van der Waals surface area (Å²) in [6, 6.07) is 26.8. The van der Waals surface area contributed by atoms with Crippen LogP contribution in [0.25, 0.3) is 6.08 Å². The molecule has 0 aromatic heterocycles. The van der Waals surface area contributed by atoms with Crippen LogP contribution in [0.4, 0.5) is 0 Å². The van der Waals surface area contributed by atoms with Crippen molar-refractivity contribution in [1.82, 2.24) is 5.32 Å². The first-order valence-electron chi connectivity index (χ1n) is 9.50. The molecule has 0 aliphatic rings. The van der Waals surface area contributed by atoms with Crippen molar-refractivity contribution >= 4 is 27.9 Å². The molecule has 0 aliphatic heterocycles. The average Bonchev–Trinajstić information content (AvgIpc) is 2.78. The second kappa shape index (κ2) is 10.4. The predicted molar refractivity (Wildman–Crippen MR) is 122 cm³/mol. The number of hydrogen-bond acceptors (Lipinski definition) is 3. The zero-order chi connectivity index (χ0) is 21.3. The first kappa shape index (κ1) is 21.4. The monoisotopic (exact) mass is 460 g/mol. The lowest BCUT2D eigenvalue weighted by Crippen LogP contribution is -2.27. The molecule has 3 aromatic carbocycles. The van der Waals surface area contributed by atoms with Gasteiger partial charge in [-0.05, 0) is 57.8 Å². The molecule has 0 heterocycles. The van der Waals surface area contributed by atoms with Gasteiger partial charge in [-0.1, -0.05) is 66.7 Å². The molecule has 0 spiro atoms. The second-order valence-electron chi connectivity index (χ2n) is 6.74. The Morgan fingerprint density at radius 2 is 1.77 bits per heavy atom. The van der Waals surface area contributed by atoms with Crippen molar-refractivity contribution in [1.29, 1.82) is 5.26 Å². The molecular formula is C25H21BrN2O2. The number of nitriles is 1. The van der Waals surface area contributed by atoms with E-state index in [0.29, 0.717) is 12.4 Å². The fraction of sp³-hybridized carbons (Fsp3) is 0.120. The normalized spacial score (nSPS) is 12.0. The van der Waals surface area contributed by atoms with Gasteiger partial charge in [0.15, 0.2) is 0 Å². The maximum absolute atomic E-state index is 12.5. The number of nitrogens with one attached hydrogen (secondary N) is 1. The highest BCUT2D eigenvalue weighted by molar-refractivity contribution is 9.10. The Morgan fingerprint density at radius 3 is 2.40 bits per heavy atom. The molecule has 1 N–H and O–H groups in total. The van der Waals surface area contributed by atoms with Gasteiger partial charge in [-0.2, -0.15) is 5.26 Å². The number of rotatable bonds is 7. The average molecular weight is 461 g/mol. The number of nitrogens with zero attached hydrogens (tertiary/aromatic N) is 1. The number of halogens is 1. The summed E-state index contributed by atoms with van der Waals surface area (Å²) >= 11 is 3.50. The number of hydrogen-bond donors (Lipinski definition) is 1. The van der Waals surface area contributed by atoms with Crippen LogP contribution in [-0.4, -0.2) is 5.91 Å². The van der Waals surface area contributed by atoms with Gasteiger partial charge in [-0.15, -0.1) is 0 Å². The molecule has 0 saturated carbocycles. The first-order chi connectivity index (χ1) is 14.6. The van der Waals surface area contributed by atoms with Crippen molar-refractivity contribution < 1.29 is 9.53 Å². The lowest BCUT2D eigenvalue weighted by atomic mass is 10.1. The van der Waals surface area contributed by atoms with Crippen LogP contribution in [0.5, 0.6) is 5.75 Å². The highest BCUT2D eigenvalue weighted by Gasteiger charge is 2.14. The van der Waals surface area contributed by atoms with Crippen LogP contribution in [0.15, 0.2) is 88.9 Å². The zero-order valence-electron chi connectivity index (χ0n) is 16.5. The molecular weight excluding hydrogens is 440 g/mol. The van der Waals surface area contributed by atoms with Crippen molar-refractivity contribution in [3.05, 3.63) is 106 Å². The largest absolute Gasteiger partial charge is 0.488 e. The van der Waals surface area contributed by atoms with Crippen molar-refractivity contribution in [2.24, 2.45) is 0 Å². The van der Waals surface area contributed by atoms with Gasteiger partial charge in [0.2, 0.25) is 0 Å². The van der Waals surface area contributed by atoms with E-state index in [-0.39, 0.29) is 11.6 Å². The molecule has 0 aliphatic carbocycles. The number of benzene rings is 3. The van der Waals surface area contributed by atoms with E-state index >= 15 is 0 Å². The van der Waals surface area contributed by atoms with E-state index in [1.807, 2.05) is 91.9 Å². The van der Waals surface area contributed by atoms with Crippen LogP contribution in [0.1, 0.15) is 29.7 Å². The Morgan fingerprint density at radius 1 is 1.10 bits per heavy atom. The number of carbonyl (C=O) groups excluding carboxylic acids is 1. The third kappa shape index (κ3) is 5.82. The summed E-state index contributed by atoms with van der Waals surface area (Å²) in [5, 5.41) is 12.3. The molecule has 30 heavy (non-hydrogen) atoms. The predicted octanol–water partition coefficient (Wildman–Crippen LogP) is 5.81. The van der Waals surface area contributed by atoms with E-state index in [1.54, 1.807) is 6.08 Å². The maximum atomic E-state index is 12.5. The first-order valence-corrected chi connectivity index (χ1v) is 10.3. The SMILES string of the molecule is C[C@H](NC(=O)/C(C#N)=C/c1ccc(OCc2ccccc2)c(Br)c1)c1ccccc1. The molecule has 0 saturated heterocycles. The summed E-state index contributed by atoms with van der Waals surface area (Å²) < 4.78 is 6.60. The molecule has 5 heteroatoms. The summed E-state index contributed by atoms with van der Waals surface area (Å²) in [5.74, 6) is 0.283. The number of carbonyl (C=O) groups is 1. The van der Waals surface area contributed by atoms with Gasteiger partial charge < -0.3 is 10.1 Å². The third-order valence-corrected chi connectivity index (χ3v) is 5.14. The molecule has 1 atom stereocenters. The maximum Gasteiger partial charge on any atom is 0.262 e. The highest BCUT2D eigenvalue weighted by Crippen LogP contribution is 2.28. The molecule has 0 unspecified atom stereocenters. The van der Waals surface area contributed by atoms with Gasteiger partial charge in [0.05, 0.1) is 10.5 Å². The lowest BCUT2D eigenvalue weighted by molar-refractivity contribution is -0.117. The van der Waals surface area contributed by atoms with E-state index in [0.717, 1.165) is 21.2 Å². The molecule has 0 fully saturated rings. The molecule has 150 valence electrons. The van der Waals surface area contributed by atoms with Crippen LogP contribution >= 0.6 is 15.9 Å².